The predicted octanol–water partition coefficient (Wildman–Crippen LogP) is 4.00. The van der Waals surface area contributed by atoms with Crippen LogP contribution >= 0.6 is 0 Å². The van der Waals surface area contributed by atoms with E-state index in [9.17, 15) is 0 Å². The zero-order valence-electron chi connectivity index (χ0n) is 9.89. The van der Waals surface area contributed by atoms with E-state index in [-0.39, 0.29) is 0 Å². The molecule has 0 saturated carbocycles. The van der Waals surface area contributed by atoms with Crippen molar-refractivity contribution in [2.75, 3.05) is 7.11 Å². The summed E-state index contributed by atoms with van der Waals surface area (Å²) in [5.74, 6) is 0. The maximum Gasteiger partial charge on any atom is 0.217 e. The molecule has 1 radical (unpaired) electrons. The molecule has 0 bridgehead atoms. The van der Waals surface area contributed by atoms with Crippen molar-refractivity contribution in [3.05, 3.63) is 0 Å². The molecular formula is C11H25OSi. The van der Waals surface area contributed by atoms with Gasteiger partial charge in [0.25, 0.3) is 0 Å². The second-order valence-electron chi connectivity index (χ2n) is 3.63. The van der Waals surface area contributed by atoms with Crippen molar-refractivity contribution < 1.29 is 4.43 Å². The molecule has 0 atom stereocenters. The van der Waals surface area contributed by atoms with E-state index in [4.69, 9.17) is 4.43 Å². The fourth-order valence-corrected chi connectivity index (χ4v) is 4.99. The van der Waals surface area contributed by atoms with Crippen molar-refractivity contribution in [2.45, 2.75) is 64.5 Å². The van der Waals surface area contributed by atoms with Gasteiger partial charge in [-0.05, 0) is 11.1 Å². The molecule has 0 rings (SSSR count). The Kier molecular flexibility index (Phi) is 7.67. The van der Waals surface area contributed by atoms with Crippen molar-refractivity contribution in [2.24, 2.45) is 0 Å². The van der Waals surface area contributed by atoms with Crippen LogP contribution in [-0.4, -0.2) is 16.2 Å². The molecule has 0 N–H and O–H groups in total. The van der Waals surface area contributed by atoms with Gasteiger partial charge >= 0.3 is 0 Å². The molecule has 79 valence electrons. The van der Waals surface area contributed by atoms with Gasteiger partial charge in [-0.1, -0.05) is 53.4 Å². The van der Waals surface area contributed by atoms with E-state index in [1.807, 2.05) is 7.11 Å². The van der Waals surface area contributed by atoms with Gasteiger partial charge in [-0.15, -0.1) is 0 Å². The highest BCUT2D eigenvalue weighted by Gasteiger charge is 2.28. The lowest BCUT2D eigenvalue weighted by Crippen LogP contribution is -2.28. The molecule has 0 aromatic carbocycles. The lowest BCUT2D eigenvalue weighted by atomic mass is 10.2. The summed E-state index contributed by atoms with van der Waals surface area (Å²) in [5, 5.41) is 0. The quantitative estimate of drug-likeness (QED) is 0.566. The minimum absolute atomic E-state index is 0.564. The fraction of sp³-hybridized carbons (Fsp3) is 1.00. The van der Waals surface area contributed by atoms with Crippen LogP contribution in [0.3, 0.4) is 0 Å². The number of hydrogen-bond acceptors (Lipinski definition) is 1. The average Bonchev–Trinajstić information content (AvgIpc) is 2.18. The Morgan fingerprint density at radius 2 is 1.15 bits per heavy atom. The first kappa shape index (κ1) is 13.2. The van der Waals surface area contributed by atoms with Crippen molar-refractivity contribution in [3.63, 3.8) is 0 Å². The van der Waals surface area contributed by atoms with Crippen molar-refractivity contribution >= 4 is 9.04 Å². The molecule has 0 aromatic rings. The molecule has 0 saturated heterocycles. The smallest absolute Gasteiger partial charge is 0.217 e. The normalized spacial score (nSPS) is 12.0. The molecule has 0 aromatic heterocycles. The lowest BCUT2D eigenvalue weighted by molar-refractivity contribution is 0.382. The lowest BCUT2D eigenvalue weighted by Gasteiger charge is -2.27. The second-order valence-corrected chi connectivity index (χ2v) is 6.48. The van der Waals surface area contributed by atoms with Crippen molar-refractivity contribution in [1.29, 1.82) is 0 Å². The molecule has 0 amide bonds. The van der Waals surface area contributed by atoms with Crippen LogP contribution in [0.15, 0.2) is 0 Å². The molecule has 0 spiro atoms. The molecule has 13 heavy (non-hydrogen) atoms. The average molecular weight is 201 g/mol. The third-order valence-corrected chi connectivity index (χ3v) is 6.73. The van der Waals surface area contributed by atoms with Gasteiger partial charge < -0.3 is 4.43 Å². The van der Waals surface area contributed by atoms with Crippen LogP contribution in [0.4, 0.5) is 0 Å². The summed E-state index contributed by atoms with van der Waals surface area (Å²) in [7, 11) is 1.34. The molecular weight excluding hydrogens is 176 g/mol. The van der Waals surface area contributed by atoms with E-state index >= 15 is 0 Å². The summed E-state index contributed by atoms with van der Waals surface area (Å²) in [6.45, 7) is 9.17. The minimum Gasteiger partial charge on any atom is -0.419 e. The van der Waals surface area contributed by atoms with Crippen molar-refractivity contribution in [1.82, 2.24) is 0 Å². The molecule has 0 unspecified atom stereocenters. The predicted molar refractivity (Wildman–Crippen MR) is 61.4 cm³/mol. The first-order valence-electron chi connectivity index (χ1n) is 5.65. The first-order chi connectivity index (χ1) is 6.24. The summed E-state index contributed by atoms with van der Waals surface area (Å²) < 4.78 is 5.74. The molecule has 1 nitrogen and oxygen atoms in total. The maximum absolute atomic E-state index is 5.74. The van der Waals surface area contributed by atoms with Crippen LogP contribution in [0.5, 0.6) is 0 Å². The van der Waals surface area contributed by atoms with E-state index in [0.717, 1.165) is 11.1 Å². The van der Waals surface area contributed by atoms with E-state index in [1.165, 1.54) is 25.7 Å². The third-order valence-electron chi connectivity index (χ3n) is 3.01. The molecule has 0 aliphatic rings. The monoisotopic (exact) mass is 201 g/mol. The third kappa shape index (κ3) is 3.82. The highest BCUT2D eigenvalue weighted by molar-refractivity contribution is 6.55. The van der Waals surface area contributed by atoms with E-state index in [2.05, 4.69) is 27.7 Å². The Hall–Kier alpha value is 0.177. The molecule has 0 fully saturated rings. The van der Waals surface area contributed by atoms with Gasteiger partial charge in [0.15, 0.2) is 0 Å². The fourth-order valence-electron chi connectivity index (χ4n) is 2.05. The van der Waals surface area contributed by atoms with Crippen LogP contribution in [0.2, 0.25) is 11.1 Å². The second kappa shape index (κ2) is 7.57. The van der Waals surface area contributed by atoms with Crippen molar-refractivity contribution in [3.8, 4) is 0 Å². The Morgan fingerprint density at radius 1 is 0.846 bits per heavy atom. The Bertz CT molecular complexity index is 96.7. The van der Waals surface area contributed by atoms with Crippen LogP contribution in [0, 0.1) is 0 Å². The maximum atomic E-state index is 5.74. The van der Waals surface area contributed by atoms with Crippen LogP contribution in [-0.2, 0) is 4.43 Å². The molecule has 0 aliphatic carbocycles. The summed E-state index contributed by atoms with van der Waals surface area (Å²) in [4.78, 5) is 0. The molecule has 0 heterocycles. The Labute approximate surface area is 85.6 Å². The van der Waals surface area contributed by atoms with Gasteiger partial charge in [-0.25, -0.2) is 0 Å². The first-order valence-corrected chi connectivity index (χ1v) is 7.21. The van der Waals surface area contributed by atoms with Crippen LogP contribution in [0.25, 0.3) is 0 Å². The minimum atomic E-state index is -0.564. The number of hydrogen-bond donors (Lipinski definition) is 0. The van der Waals surface area contributed by atoms with Gasteiger partial charge in [0, 0.05) is 7.11 Å². The zero-order chi connectivity index (χ0) is 10.3. The largest absolute Gasteiger partial charge is 0.419 e. The molecule has 0 aliphatic heterocycles. The van der Waals surface area contributed by atoms with Gasteiger partial charge in [0.1, 0.15) is 0 Å². The van der Waals surface area contributed by atoms with E-state index < -0.39 is 9.04 Å². The van der Waals surface area contributed by atoms with Crippen LogP contribution < -0.4 is 0 Å². The molecule has 2 heteroatoms. The summed E-state index contributed by atoms with van der Waals surface area (Å²) >= 11 is 0. The number of rotatable bonds is 7. The summed E-state index contributed by atoms with van der Waals surface area (Å²) in [5.41, 5.74) is 1.69. The Balaban J connectivity index is 4.26. The SMILES string of the molecule is CCC(CC)[Si](OC)C(CC)CC. The highest BCUT2D eigenvalue weighted by atomic mass is 28.3. The van der Waals surface area contributed by atoms with Crippen LogP contribution in [0.1, 0.15) is 53.4 Å². The topological polar surface area (TPSA) is 9.23 Å². The van der Waals surface area contributed by atoms with Gasteiger partial charge in [0.2, 0.25) is 9.04 Å². The van der Waals surface area contributed by atoms with E-state index in [0.29, 0.717) is 0 Å². The highest BCUT2D eigenvalue weighted by Crippen LogP contribution is 2.31. The summed E-state index contributed by atoms with van der Waals surface area (Å²) in [6, 6.07) is 0. The summed E-state index contributed by atoms with van der Waals surface area (Å²) in [6.07, 6.45) is 5.15. The van der Waals surface area contributed by atoms with Gasteiger partial charge in [-0.2, -0.15) is 0 Å². The zero-order valence-corrected chi connectivity index (χ0v) is 10.9. The standard InChI is InChI=1S/C11H25OSi/c1-6-10(7-2)13(12-5)11(8-3)9-4/h10-11H,6-9H2,1-5H3. The van der Waals surface area contributed by atoms with E-state index in [1.54, 1.807) is 0 Å². The Morgan fingerprint density at radius 3 is 1.31 bits per heavy atom. The van der Waals surface area contributed by atoms with Gasteiger partial charge in [0.05, 0.1) is 0 Å². The van der Waals surface area contributed by atoms with Gasteiger partial charge in [-0.3, -0.25) is 0 Å².